The molecule has 0 aliphatic carbocycles. The number of aryl methyl sites for hydroxylation is 3. The molecule has 0 bridgehead atoms. The molecule has 0 saturated heterocycles. The summed E-state index contributed by atoms with van der Waals surface area (Å²) in [7, 11) is 0. The van der Waals surface area contributed by atoms with Crippen LogP contribution in [0.25, 0.3) is 11.1 Å². The lowest BCUT2D eigenvalue weighted by atomic mass is 9.90. The van der Waals surface area contributed by atoms with Crippen molar-refractivity contribution >= 4 is 12.6 Å². The smallest absolute Gasteiger partial charge is 0.126 e. The summed E-state index contributed by atoms with van der Waals surface area (Å²) < 4.78 is 13.5. The summed E-state index contributed by atoms with van der Waals surface area (Å²) in [6.45, 7) is 6.07. The molecular weight excluding hydrogens is 267 g/mol. The summed E-state index contributed by atoms with van der Waals surface area (Å²) >= 11 is 4.31. The van der Waals surface area contributed by atoms with Crippen molar-refractivity contribution in [1.82, 2.24) is 0 Å². The van der Waals surface area contributed by atoms with Crippen LogP contribution < -0.4 is 0 Å². The molecule has 0 nitrogen and oxygen atoms in total. The molecule has 106 valence electrons. The third-order valence-corrected chi connectivity index (χ3v) is 3.99. The zero-order chi connectivity index (χ0) is 14.7. The van der Waals surface area contributed by atoms with Crippen LogP contribution in [-0.2, 0) is 6.42 Å². The Morgan fingerprint density at radius 3 is 2.40 bits per heavy atom. The molecule has 2 heteroatoms. The third kappa shape index (κ3) is 3.24. The van der Waals surface area contributed by atoms with Gasteiger partial charge in [-0.25, -0.2) is 4.39 Å². The quantitative estimate of drug-likeness (QED) is 0.727. The van der Waals surface area contributed by atoms with Crippen LogP contribution in [0.15, 0.2) is 30.3 Å². The van der Waals surface area contributed by atoms with E-state index in [0.29, 0.717) is 5.56 Å². The lowest BCUT2D eigenvalue weighted by Gasteiger charge is -2.15. The van der Waals surface area contributed by atoms with E-state index >= 15 is 0 Å². The second-order valence-electron chi connectivity index (χ2n) is 5.40. The van der Waals surface area contributed by atoms with E-state index in [1.165, 1.54) is 22.3 Å². The Kier molecular flexibility index (Phi) is 4.87. The molecule has 0 N–H and O–H groups in total. The predicted octanol–water partition coefficient (Wildman–Crippen LogP) is 5.28. The van der Waals surface area contributed by atoms with Gasteiger partial charge in [-0.15, -0.1) is 0 Å². The molecule has 2 rings (SSSR count). The van der Waals surface area contributed by atoms with Crippen molar-refractivity contribution < 1.29 is 4.39 Å². The number of rotatable bonds is 4. The fraction of sp³-hybridized carbons (Fsp3) is 0.333. The van der Waals surface area contributed by atoms with E-state index in [1.54, 1.807) is 6.07 Å². The molecule has 2 aromatic carbocycles. The van der Waals surface area contributed by atoms with Crippen LogP contribution in [0.1, 0.15) is 28.7 Å². The molecule has 0 heterocycles. The van der Waals surface area contributed by atoms with E-state index in [2.05, 4.69) is 38.6 Å². The molecule has 0 radical (unpaired) electrons. The van der Waals surface area contributed by atoms with E-state index in [1.807, 2.05) is 19.1 Å². The molecule has 0 spiro atoms. The summed E-state index contributed by atoms with van der Waals surface area (Å²) in [5.74, 6) is 0.741. The Labute approximate surface area is 126 Å². The highest BCUT2D eigenvalue weighted by atomic mass is 32.1. The fourth-order valence-corrected chi connectivity index (χ4v) is 2.81. The van der Waals surface area contributed by atoms with Gasteiger partial charge in [0.05, 0.1) is 0 Å². The summed E-state index contributed by atoms with van der Waals surface area (Å²) in [5, 5.41) is 0. The van der Waals surface area contributed by atoms with Crippen LogP contribution >= 0.6 is 12.6 Å². The van der Waals surface area contributed by atoms with Crippen molar-refractivity contribution in [3.8, 4) is 11.1 Å². The van der Waals surface area contributed by atoms with Crippen LogP contribution in [0, 0.1) is 26.6 Å². The molecule has 2 aromatic rings. The molecule has 0 unspecified atom stereocenters. The van der Waals surface area contributed by atoms with Gasteiger partial charge in [0.1, 0.15) is 5.82 Å². The third-order valence-electron chi connectivity index (χ3n) is 3.67. The highest BCUT2D eigenvalue weighted by Crippen LogP contribution is 2.30. The Morgan fingerprint density at radius 2 is 1.75 bits per heavy atom. The average Bonchev–Trinajstić information content (AvgIpc) is 2.40. The van der Waals surface area contributed by atoms with Crippen molar-refractivity contribution in [1.29, 1.82) is 0 Å². The van der Waals surface area contributed by atoms with E-state index in [-0.39, 0.29) is 5.82 Å². The number of benzene rings is 2. The number of halogens is 1. The van der Waals surface area contributed by atoms with Crippen LogP contribution in [0.4, 0.5) is 4.39 Å². The summed E-state index contributed by atoms with van der Waals surface area (Å²) in [4.78, 5) is 0. The molecule has 0 fully saturated rings. The van der Waals surface area contributed by atoms with Crippen molar-refractivity contribution in [2.24, 2.45) is 0 Å². The number of hydrogen-bond acceptors (Lipinski definition) is 1. The standard InChI is InChI=1S/C18H21FS/c1-12-9-13(2)16(5-4-8-20)17(10-12)15-6-7-18(19)14(3)11-15/h6-7,9-11,20H,4-5,8H2,1-3H3. The summed E-state index contributed by atoms with van der Waals surface area (Å²) in [6.07, 6.45) is 2.07. The molecule has 0 amide bonds. The van der Waals surface area contributed by atoms with Crippen molar-refractivity contribution in [3.63, 3.8) is 0 Å². The predicted molar refractivity (Wildman–Crippen MR) is 88.2 cm³/mol. The van der Waals surface area contributed by atoms with E-state index in [0.717, 1.165) is 24.2 Å². The molecule has 0 saturated carbocycles. The minimum absolute atomic E-state index is 0.143. The maximum Gasteiger partial charge on any atom is 0.126 e. The maximum absolute atomic E-state index is 13.5. The molecular formula is C18H21FS. The van der Waals surface area contributed by atoms with E-state index < -0.39 is 0 Å². The SMILES string of the molecule is Cc1cc(C)c(CCCS)c(-c2ccc(F)c(C)c2)c1. The minimum Gasteiger partial charge on any atom is -0.207 e. The van der Waals surface area contributed by atoms with E-state index in [4.69, 9.17) is 0 Å². The first-order valence-electron chi connectivity index (χ1n) is 7.00. The second kappa shape index (κ2) is 6.45. The Bertz CT molecular complexity index is 617. The van der Waals surface area contributed by atoms with E-state index in [9.17, 15) is 4.39 Å². The lowest BCUT2D eigenvalue weighted by molar-refractivity contribution is 0.619. The summed E-state index contributed by atoms with van der Waals surface area (Å²) in [6, 6.07) is 9.79. The normalized spacial score (nSPS) is 10.8. The maximum atomic E-state index is 13.5. The van der Waals surface area contributed by atoms with Gasteiger partial charge in [-0.05, 0) is 79.3 Å². The highest BCUT2D eigenvalue weighted by molar-refractivity contribution is 7.80. The Balaban J connectivity index is 2.55. The minimum atomic E-state index is -0.143. The van der Waals surface area contributed by atoms with Gasteiger partial charge >= 0.3 is 0 Å². The van der Waals surface area contributed by atoms with Crippen LogP contribution in [0.3, 0.4) is 0 Å². The molecule has 0 aromatic heterocycles. The first kappa shape index (κ1) is 15.1. The average molecular weight is 288 g/mol. The molecule has 0 aliphatic heterocycles. The van der Waals surface area contributed by atoms with Crippen molar-refractivity contribution in [2.75, 3.05) is 5.75 Å². The fourth-order valence-electron chi connectivity index (χ4n) is 2.65. The number of thiol groups is 1. The molecule has 20 heavy (non-hydrogen) atoms. The largest absolute Gasteiger partial charge is 0.207 e. The lowest BCUT2D eigenvalue weighted by Crippen LogP contribution is -1.97. The van der Waals surface area contributed by atoms with Crippen molar-refractivity contribution in [2.45, 2.75) is 33.6 Å². The molecule has 0 aliphatic rings. The zero-order valence-corrected chi connectivity index (χ0v) is 13.2. The Morgan fingerprint density at radius 1 is 1.00 bits per heavy atom. The van der Waals surface area contributed by atoms with Gasteiger partial charge in [-0.3, -0.25) is 0 Å². The van der Waals surface area contributed by atoms with Gasteiger partial charge in [0.25, 0.3) is 0 Å². The second-order valence-corrected chi connectivity index (χ2v) is 5.85. The van der Waals surface area contributed by atoms with Gasteiger partial charge in [0.15, 0.2) is 0 Å². The van der Waals surface area contributed by atoms with Gasteiger partial charge in [0.2, 0.25) is 0 Å². The molecule has 0 atom stereocenters. The van der Waals surface area contributed by atoms with Gasteiger partial charge in [-0.2, -0.15) is 12.6 Å². The van der Waals surface area contributed by atoms with Crippen molar-refractivity contribution in [3.05, 3.63) is 58.4 Å². The van der Waals surface area contributed by atoms with Crippen LogP contribution in [0.2, 0.25) is 0 Å². The number of hydrogen-bond donors (Lipinski definition) is 1. The monoisotopic (exact) mass is 288 g/mol. The van der Waals surface area contributed by atoms with Crippen LogP contribution in [0.5, 0.6) is 0 Å². The van der Waals surface area contributed by atoms with Gasteiger partial charge in [0, 0.05) is 0 Å². The van der Waals surface area contributed by atoms with Gasteiger partial charge < -0.3 is 0 Å². The van der Waals surface area contributed by atoms with Gasteiger partial charge in [-0.1, -0.05) is 23.8 Å². The first-order valence-corrected chi connectivity index (χ1v) is 7.63. The Hall–Kier alpha value is -1.28. The summed E-state index contributed by atoms with van der Waals surface area (Å²) in [5.41, 5.74) is 6.94. The topological polar surface area (TPSA) is 0 Å². The highest BCUT2D eigenvalue weighted by Gasteiger charge is 2.10. The first-order chi connectivity index (χ1) is 9.52. The zero-order valence-electron chi connectivity index (χ0n) is 12.3. The van der Waals surface area contributed by atoms with Crippen LogP contribution in [-0.4, -0.2) is 5.75 Å².